The highest BCUT2D eigenvalue weighted by atomic mass is 16.4. The molecule has 0 spiro atoms. The zero-order chi connectivity index (χ0) is 8.55. The summed E-state index contributed by atoms with van der Waals surface area (Å²) in [4.78, 5) is 4.10. The van der Waals surface area contributed by atoms with Crippen LogP contribution in [0.5, 0.6) is 0 Å². The molecule has 0 atom stereocenters. The molecule has 1 aliphatic carbocycles. The highest BCUT2D eigenvalue weighted by molar-refractivity contribution is 6.58. The van der Waals surface area contributed by atoms with Gasteiger partial charge >= 0.3 is 7.12 Å². The Balaban J connectivity index is 2.44. The Hall–Kier alpha value is -1.13. The lowest BCUT2D eigenvalue weighted by Gasteiger charge is -2.01. The van der Waals surface area contributed by atoms with Crippen LogP contribution >= 0.6 is 0 Å². The quantitative estimate of drug-likeness (QED) is 0.537. The van der Waals surface area contributed by atoms with E-state index in [2.05, 4.69) is 4.98 Å². The van der Waals surface area contributed by atoms with E-state index in [1.165, 1.54) is 6.20 Å². The molecule has 3 nitrogen and oxygen atoms in total. The molecule has 2 N–H and O–H groups in total. The standard InChI is InChI=1S/C8H8BNO2/c11-9(12)7-4-6-2-1-3-8(6)10-5-7/h1-2,4-5,11-12H,3H2. The monoisotopic (exact) mass is 161 g/mol. The van der Waals surface area contributed by atoms with Crippen LogP contribution in [-0.2, 0) is 6.42 Å². The SMILES string of the molecule is OB(O)c1cnc2c(c1)C=CC2. The minimum atomic E-state index is -1.42. The summed E-state index contributed by atoms with van der Waals surface area (Å²) < 4.78 is 0. The van der Waals surface area contributed by atoms with Crippen LogP contribution in [0, 0.1) is 0 Å². The van der Waals surface area contributed by atoms with Gasteiger partial charge in [0.1, 0.15) is 0 Å². The fourth-order valence-corrected chi connectivity index (χ4v) is 1.28. The van der Waals surface area contributed by atoms with Crippen molar-refractivity contribution >= 4 is 18.7 Å². The molecule has 0 unspecified atom stereocenters. The lowest BCUT2D eigenvalue weighted by molar-refractivity contribution is 0.425. The summed E-state index contributed by atoms with van der Waals surface area (Å²) in [5.74, 6) is 0. The minimum absolute atomic E-state index is 0.445. The molecule has 1 aliphatic rings. The first kappa shape index (κ1) is 7.52. The topological polar surface area (TPSA) is 53.4 Å². The van der Waals surface area contributed by atoms with Gasteiger partial charge in [0.15, 0.2) is 0 Å². The zero-order valence-electron chi connectivity index (χ0n) is 6.44. The van der Waals surface area contributed by atoms with Gasteiger partial charge in [-0.05, 0) is 5.56 Å². The molecule has 2 rings (SSSR count). The van der Waals surface area contributed by atoms with Crippen molar-refractivity contribution in [3.63, 3.8) is 0 Å². The Labute approximate surface area is 70.5 Å². The summed E-state index contributed by atoms with van der Waals surface area (Å²) in [7, 11) is -1.42. The first-order chi connectivity index (χ1) is 5.77. The fourth-order valence-electron chi connectivity index (χ4n) is 1.28. The molecule has 0 aromatic carbocycles. The van der Waals surface area contributed by atoms with Gasteiger partial charge < -0.3 is 10.0 Å². The average molecular weight is 161 g/mol. The Morgan fingerprint density at radius 3 is 3.00 bits per heavy atom. The van der Waals surface area contributed by atoms with Crippen LogP contribution in [0.1, 0.15) is 11.3 Å². The molecular formula is C8H8BNO2. The third-order valence-electron chi connectivity index (χ3n) is 1.93. The van der Waals surface area contributed by atoms with Gasteiger partial charge in [-0.25, -0.2) is 0 Å². The van der Waals surface area contributed by atoms with Gasteiger partial charge in [-0.15, -0.1) is 0 Å². The molecule has 0 fully saturated rings. The van der Waals surface area contributed by atoms with Crippen molar-refractivity contribution < 1.29 is 10.0 Å². The molecular weight excluding hydrogens is 153 g/mol. The fraction of sp³-hybridized carbons (Fsp3) is 0.125. The first-order valence-corrected chi connectivity index (χ1v) is 3.79. The number of fused-ring (bicyclic) bond motifs is 1. The predicted octanol–water partition coefficient (Wildman–Crippen LogP) is -0.669. The molecule has 1 aromatic rings. The van der Waals surface area contributed by atoms with Gasteiger partial charge in [0.2, 0.25) is 0 Å². The van der Waals surface area contributed by atoms with E-state index in [4.69, 9.17) is 10.0 Å². The molecule has 4 heteroatoms. The van der Waals surface area contributed by atoms with Crippen molar-refractivity contribution in [2.45, 2.75) is 6.42 Å². The summed E-state index contributed by atoms with van der Waals surface area (Å²) in [5, 5.41) is 17.7. The Kier molecular flexibility index (Phi) is 1.71. The van der Waals surface area contributed by atoms with Crippen LogP contribution < -0.4 is 5.46 Å². The highest BCUT2D eigenvalue weighted by Crippen LogP contribution is 2.14. The molecule has 1 aromatic heterocycles. The van der Waals surface area contributed by atoms with Crippen LogP contribution in [0.15, 0.2) is 18.3 Å². The number of allylic oxidation sites excluding steroid dienone is 1. The summed E-state index contributed by atoms with van der Waals surface area (Å²) in [6, 6.07) is 1.75. The maximum Gasteiger partial charge on any atom is 0.490 e. The number of nitrogens with zero attached hydrogens (tertiary/aromatic N) is 1. The molecule has 60 valence electrons. The molecule has 0 saturated carbocycles. The summed E-state index contributed by atoms with van der Waals surface area (Å²) in [6.45, 7) is 0. The molecule has 12 heavy (non-hydrogen) atoms. The predicted molar refractivity (Wildman–Crippen MR) is 46.8 cm³/mol. The molecule has 0 radical (unpaired) electrons. The van der Waals surface area contributed by atoms with Crippen LogP contribution in [0.4, 0.5) is 0 Å². The smallest absolute Gasteiger partial charge is 0.423 e. The van der Waals surface area contributed by atoms with Crippen LogP contribution in [0.25, 0.3) is 6.08 Å². The molecule has 0 bridgehead atoms. The van der Waals surface area contributed by atoms with E-state index in [0.717, 1.165) is 17.7 Å². The van der Waals surface area contributed by atoms with Gasteiger partial charge in [-0.2, -0.15) is 0 Å². The minimum Gasteiger partial charge on any atom is -0.423 e. The maximum atomic E-state index is 8.85. The summed E-state index contributed by atoms with van der Waals surface area (Å²) in [5.41, 5.74) is 2.43. The van der Waals surface area contributed by atoms with Crippen molar-refractivity contribution in [3.8, 4) is 0 Å². The van der Waals surface area contributed by atoms with Gasteiger partial charge in [-0.1, -0.05) is 18.2 Å². The van der Waals surface area contributed by atoms with Crippen LogP contribution in [-0.4, -0.2) is 22.2 Å². The molecule has 0 amide bonds. The van der Waals surface area contributed by atoms with Crippen LogP contribution in [0.3, 0.4) is 0 Å². The van der Waals surface area contributed by atoms with E-state index >= 15 is 0 Å². The maximum absolute atomic E-state index is 8.85. The third-order valence-corrected chi connectivity index (χ3v) is 1.93. The van der Waals surface area contributed by atoms with E-state index < -0.39 is 7.12 Å². The van der Waals surface area contributed by atoms with Crippen molar-refractivity contribution in [1.82, 2.24) is 4.98 Å². The zero-order valence-corrected chi connectivity index (χ0v) is 6.44. The van der Waals surface area contributed by atoms with E-state index in [-0.39, 0.29) is 0 Å². The highest BCUT2D eigenvalue weighted by Gasteiger charge is 2.14. The van der Waals surface area contributed by atoms with E-state index in [1.54, 1.807) is 6.07 Å². The Bertz CT molecular complexity index is 336. The lowest BCUT2D eigenvalue weighted by Crippen LogP contribution is -2.30. The third kappa shape index (κ3) is 1.15. The van der Waals surface area contributed by atoms with Crippen molar-refractivity contribution in [3.05, 3.63) is 29.6 Å². The number of hydrogen-bond donors (Lipinski definition) is 2. The van der Waals surface area contributed by atoms with Gasteiger partial charge in [0.25, 0.3) is 0 Å². The Morgan fingerprint density at radius 2 is 2.25 bits per heavy atom. The number of hydrogen-bond acceptors (Lipinski definition) is 3. The summed E-state index contributed by atoms with van der Waals surface area (Å²) >= 11 is 0. The molecule has 0 aliphatic heterocycles. The normalized spacial score (nSPS) is 13.2. The first-order valence-electron chi connectivity index (χ1n) is 3.79. The van der Waals surface area contributed by atoms with Crippen molar-refractivity contribution in [2.75, 3.05) is 0 Å². The van der Waals surface area contributed by atoms with Crippen molar-refractivity contribution in [2.24, 2.45) is 0 Å². The lowest BCUT2D eigenvalue weighted by atomic mass is 9.81. The number of aromatic nitrogens is 1. The Morgan fingerprint density at radius 1 is 1.42 bits per heavy atom. The van der Waals surface area contributed by atoms with Gasteiger partial charge in [-0.3, -0.25) is 4.98 Å². The van der Waals surface area contributed by atoms with E-state index in [0.29, 0.717) is 5.46 Å². The molecule has 0 saturated heterocycles. The number of pyridine rings is 1. The van der Waals surface area contributed by atoms with Gasteiger partial charge in [0, 0.05) is 18.1 Å². The van der Waals surface area contributed by atoms with Crippen LogP contribution in [0.2, 0.25) is 0 Å². The second-order valence-corrected chi connectivity index (χ2v) is 2.78. The second kappa shape index (κ2) is 2.73. The molecule has 1 heterocycles. The average Bonchev–Trinajstić information content (AvgIpc) is 2.49. The van der Waals surface area contributed by atoms with E-state index in [9.17, 15) is 0 Å². The number of rotatable bonds is 1. The summed E-state index contributed by atoms with van der Waals surface area (Å²) in [6.07, 6.45) is 6.28. The largest absolute Gasteiger partial charge is 0.490 e. The van der Waals surface area contributed by atoms with Crippen molar-refractivity contribution in [1.29, 1.82) is 0 Å². The van der Waals surface area contributed by atoms with Gasteiger partial charge in [0.05, 0.1) is 5.69 Å². The van der Waals surface area contributed by atoms with E-state index in [1.807, 2.05) is 12.2 Å². The second-order valence-electron chi connectivity index (χ2n) is 2.78.